The van der Waals surface area contributed by atoms with E-state index in [9.17, 15) is 4.39 Å². The Morgan fingerprint density at radius 3 is 2.86 bits per heavy atom. The number of hydrogen-bond acceptors (Lipinski definition) is 3. The molecule has 0 aliphatic rings. The van der Waals surface area contributed by atoms with Crippen molar-refractivity contribution in [1.29, 1.82) is 0 Å². The summed E-state index contributed by atoms with van der Waals surface area (Å²) in [7, 11) is 0. The number of aromatic nitrogens is 2. The highest BCUT2D eigenvalue weighted by molar-refractivity contribution is 5.58. The van der Waals surface area contributed by atoms with Gasteiger partial charge in [0.25, 0.3) is 0 Å². The summed E-state index contributed by atoms with van der Waals surface area (Å²) in [4.78, 5) is 0. The smallest absolute Gasteiger partial charge is 0.250 e. The van der Waals surface area contributed by atoms with Gasteiger partial charge in [-0.2, -0.15) is 0 Å². The lowest BCUT2D eigenvalue weighted by Crippen LogP contribution is -1.85. The zero-order chi connectivity index (χ0) is 9.97. The monoisotopic (exact) mass is 190 g/mol. The molecule has 1 aromatic heterocycles. The van der Waals surface area contributed by atoms with E-state index in [2.05, 4.69) is 16.8 Å². The lowest BCUT2D eigenvalue weighted by Gasteiger charge is -1.98. The molecule has 0 amide bonds. The number of nitrogens with zero attached hydrogens (tertiary/aromatic N) is 2. The van der Waals surface area contributed by atoms with Crippen LogP contribution in [0, 0.1) is 5.82 Å². The number of benzene rings is 1. The summed E-state index contributed by atoms with van der Waals surface area (Å²) >= 11 is 0. The van der Waals surface area contributed by atoms with E-state index in [1.807, 2.05) is 0 Å². The number of hydrogen-bond donors (Lipinski definition) is 0. The van der Waals surface area contributed by atoms with Crippen molar-refractivity contribution in [2.24, 2.45) is 0 Å². The lowest BCUT2D eigenvalue weighted by atomic mass is 10.1. The first-order valence-electron chi connectivity index (χ1n) is 4.00. The van der Waals surface area contributed by atoms with E-state index in [1.165, 1.54) is 6.07 Å². The lowest BCUT2D eigenvalue weighted by molar-refractivity contribution is 0.557. The van der Waals surface area contributed by atoms with Crippen LogP contribution < -0.4 is 0 Å². The topological polar surface area (TPSA) is 38.9 Å². The SMILES string of the molecule is C=Cc1ccc(-c2nnco2)c(F)c1. The van der Waals surface area contributed by atoms with Crippen molar-refractivity contribution in [1.82, 2.24) is 10.2 Å². The molecule has 14 heavy (non-hydrogen) atoms. The van der Waals surface area contributed by atoms with Crippen LogP contribution >= 0.6 is 0 Å². The van der Waals surface area contributed by atoms with Gasteiger partial charge in [0, 0.05) is 0 Å². The van der Waals surface area contributed by atoms with Crippen molar-refractivity contribution in [3.63, 3.8) is 0 Å². The minimum atomic E-state index is -0.397. The maximum Gasteiger partial charge on any atom is 0.250 e. The van der Waals surface area contributed by atoms with Gasteiger partial charge in [-0.05, 0) is 17.7 Å². The van der Waals surface area contributed by atoms with E-state index < -0.39 is 5.82 Å². The summed E-state index contributed by atoms with van der Waals surface area (Å²) in [6, 6.07) is 4.68. The van der Waals surface area contributed by atoms with Crippen LogP contribution in [0.2, 0.25) is 0 Å². The van der Waals surface area contributed by atoms with Crippen molar-refractivity contribution in [2.75, 3.05) is 0 Å². The van der Waals surface area contributed by atoms with Crippen molar-refractivity contribution < 1.29 is 8.81 Å². The van der Waals surface area contributed by atoms with Crippen LogP contribution in [0.5, 0.6) is 0 Å². The van der Waals surface area contributed by atoms with Gasteiger partial charge in [-0.15, -0.1) is 10.2 Å². The van der Waals surface area contributed by atoms with Crippen molar-refractivity contribution >= 4 is 6.08 Å². The molecule has 0 atom stereocenters. The zero-order valence-electron chi connectivity index (χ0n) is 7.27. The molecular weight excluding hydrogens is 183 g/mol. The minimum Gasteiger partial charge on any atom is -0.423 e. The van der Waals surface area contributed by atoms with Gasteiger partial charge in [0.2, 0.25) is 12.3 Å². The third-order valence-electron chi connectivity index (χ3n) is 1.82. The molecule has 4 heteroatoms. The second-order valence-electron chi connectivity index (χ2n) is 2.69. The molecule has 70 valence electrons. The molecule has 2 rings (SSSR count). The van der Waals surface area contributed by atoms with Gasteiger partial charge in [0.1, 0.15) is 5.82 Å². The van der Waals surface area contributed by atoms with Gasteiger partial charge in [-0.1, -0.05) is 18.7 Å². The highest BCUT2D eigenvalue weighted by Crippen LogP contribution is 2.21. The Bertz CT molecular complexity index is 451. The van der Waals surface area contributed by atoms with Crippen LogP contribution in [0.15, 0.2) is 35.6 Å². The Balaban J connectivity index is 2.51. The first kappa shape index (κ1) is 8.62. The zero-order valence-corrected chi connectivity index (χ0v) is 7.27. The minimum absolute atomic E-state index is 0.179. The quantitative estimate of drug-likeness (QED) is 0.730. The maximum absolute atomic E-state index is 13.4. The second-order valence-corrected chi connectivity index (χ2v) is 2.69. The summed E-state index contributed by atoms with van der Waals surface area (Å²) in [5.41, 5.74) is 1.01. The Kier molecular flexibility index (Phi) is 2.10. The number of halogens is 1. The fourth-order valence-electron chi connectivity index (χ4n) is 1.12. The molecule has 0 radical (unpaired) electrons. The molecular formula is C10H7FN2O. The molecule has 1 aromatic carbocycles. The fourth-order valence-corrected chi connectivity index (χ4v) is 1.12. The summed E-state index contributed by atoms with van der Waals surface area (Å²) in [5, 5.41) is 7.10. The van der Waals surface area contributed by atoms with E-state index in [0.717, 1.165) is 6.39 Å². The van der Waals surface area contributed by atoms with Crippen molar-refractivity contribution in [2.45, 2.75) is 0 Å². The maximum atomic E-state index is 13.4. The van der Waals surface area contributed by atoms with Crippen LogP contribution in [0.25, 0.3) is 17.5 Å². The highest BCUT2D eigenvalue weighted by atomic mass is 19.1. The number of rotatable bonds is 2. The normalized spacial score (nSPS) is 10.1. The van der Waals surface area contributed by atoms with Gasteiger partial charge in [0.15, 0.2) is 0 Å². The third-order valence-corrected chi connectivity index (χ3v) is 1.82. The molecule has 3 nitrogen and oxygen atoms in total. The molecule has 0 N–H and O–H groups in total. The molecule has 0 bridgehead atoms. The first-order valence-corrected chi connectivity index (χ1v) is 4.00. The molecule has 0 fully saturated rings. The van der Waals surface area contributed by atoms with Gasteiger partial charge in [-0.25, -0.2) is 4.39 Å². The Hall–Kier alpha value is -1.97. The van der Waals surface area contributed by atoms with E-state index in [-0.39, 0.29) is 5.89 Å². The molecule has 0 aliphatic carbocycles. The summed E-state index contributed by atoms with van der Waals surface area (Å²) in [5.74, 6) is -0.218. The standard InChI is InChI=1S/C10H7FN2O/c1-2-7-3-4-8(9(11)5-7)10-13-12-6-14-10/h2-6H,1H2. The van der Waals surface area contributed by atoms with E-state index in [4.69, 9.17) is 4.42 Å². The molecule has 0 saturated heterocycles. The average molecular weight is 190 g/mol. The van der Waals surface area contributed by atoms with Crippen LogP contribution in [0.1, 0.15) is 5.56 Å². The molecule has 1 heterocycles. The molecule has 0 saturated carbocycles. The van der Waals surface area contributed by atoms with Gasteiger partial charge >= 0.3 is 0 Å². The molecule has 0 unspecified atom stereocenters. The molecule has 2 aromatic rings. The van der Waals surface area contributed by atoms with Crippen LogP contribution in [0.3, 0.4) is 0 Å². The van der Waals surface area contributed by atoms with Gasteiger partial charge in [-0.3, -0.25) is 0 Å². The molecule has 0 spiro atoms. The van der Waals surface area contributed by atoms with E-state index in [1.54, 1.807) is 18.2 Å². The predicted molar refractivity (Wildman–Crippen MR) is 49.8 cm³/mol. The Morgan fingerprint density at radius 1 is 1.43 bits per heavy atom. The van der Waals surface area contributed by atoms with Crippen LogP contribution in [-0.4, -0.2) is 10.2 Å². The second kappa shape index (κ2) is 3.41. The predicted octanol–water partition coefficient (Wildman–Crippen LogP) is 2.52. The molecule has 0 aliphatic heterocycles. The van der Waals surface area contributed by atoms with Gasteiger partial charge in [0.05, 0.1) is 5.56 Å². The average Bonchev–Trinajstić information content (AvgIpc) is 2.70. The van der Waals surface area contributed by atoms with Crippen LogP contribution in [-0.2, 0) is 0 Å². The van der Waals surface area contributed by atoms with Crippen LogP contribution in [0.4, 0.5) is 4.39 Å². The Morgan fingerprint density at radius 2 is 2.29 bits per heavy atom. The van der Waals surface area contributed by atoms with Gasteiger partial charge < -0.3 is 4.42 Å². The third kappa shape index (κ3) is 1.42. The van der Waals surface area contributed by atoms with E-state index in [0.29, 0.717) is 11.1 Å². The Labute approximate surface area is 79.9 Å². The van der Waals surface area contributed by atoms with E-state index >= 15 is 0 Å². The fraction of sp³-hybridized carbons (Fsp3) is 0. The van der Waals surface area contributed by atoms with Crippen molar-refractivity contribution in [3.05, 3.63) is 42.6 Å². The highest BCUT2D eigenvalue weighted by Gasteiger charge is 2.09. The summed E-state index contributed by atoms with van der Waals surface area (Å²) in [6.07, 6.45) is 2.73. The van der Waals surface area contributed by atoms with Crippen molar-refractivity contribution in [3.8, 4) is 11.5 Å². The first-order chi connectivity index (χ1) is 6.81. The largest absolute Gasteiger partial charge is 0.423 e. The summed E-state index contributed by atoms with van der Waals surface area (Å²) in [6.45, 7) is 3.55. The summed E-state index contributed by atoms with van der Waals surface area (Å²) < 4.78 is 18.3.